The summed E-state index contributed by atoms with van der Waals surface area (Å²) in [5.74, 6) is -5.14. The zero-order valence-corrected chi connectivity index (χ0v) is 16.8. The summed E-state index contributed by atoms with van der Waals surface area (Å²) >= 11 is 3.94. The number of hydrogen-bond donors (Lipinski definition) is 7. The summed E-state index contributed by atoms with van der Waals surface area (Å²) in [5, 5.41) is 24.4. The van der Waals surface area contributed by atoms with Gasteiger partial charge in [-0.25, -0.2) is 0 Å². The molecule has 0 heterocycles. The van der Waals surface area contributed by atoms with Crippen LogP contribution in [0.3, 0.4) is 0 Å². The molecule has 1 rings (SSSR count). The highest BCUT2D eigenvalue weighted by Crippen LogP contribution is 2.05. The number of thiol groups is 1. The Morgan fingerprint density at radius 3 is 2.03 bits per heavy atom. The van der Waals surface area contributed by atoms with E-state index in [4.69, 9.17) is 15.9 Å². The fourth-order valence-corrected chi connectivity index (χ4v) is 2.53. The van der Waals surface area contributed by atoms with Gasteiger partial charge in [0.25, 0.3) is 0 Å². The summed E-state index contributed by atoms with van der Waals surface area (Å²) in [5.41, 5.74) is 6.32. The average molecular weight is 440 g/mol. The zero-order valence-electron chi connectivity index (χ0n) is 15.9. The molecule has 0 spiro atoms. The number of carboxylic acid groups (broad SMARTS) is 2. The second kappa shape index (κ2) is 12.4. The molecular weight excluding hydrogens is 416 g/mol. The van der Waals surface area contributed by atoms with Crippen LogP contribution >= 0.6 is 12.6 Å². The molecule has 0 saturated heterocycles. The van der Waals surface area contributed by atoms with Crippen molar-refractivity contribution >= 4 is 42.3 Å². The van der Waals surface area contributed by atoms with E-state index in [9.17, 15) is 24.0 Å². The molecule has 164 valence electrons. The fraction of sp³-hybridized carbons (Fsp3) is 0.389. The molecule has 11 nitrogen and oxygen atoms in total. The first kappa shape index (κ1) is 24.9. The summed E-state index contributed by atoms with van der Waals surface area (Å²) in [6.07, 6.45) is -0.729. The van der Waals surface area contributed by atoms with E-state index in [2.05, 4.69) is 23.3 Å². The van der Waals surface area contributed by atoms with Crippen molar-refractivity contribution in [2.24, 2.45) is 5.73 Å². The lowest BCUT2D eigenvalue weighted by Crippen LogP contribution is -2.57. The molecule has 0 saturated carbocycles. The standard InChI is InChI=1S/C18H24N4O7S/c19-11(9-30)16(27)21-12(6-10-4-2-1-3-5-10)18(29)22-13(7-14(23)24)17(28)20-8-15(25)26/h1-5,11-13,30H,6-9,19H2,(H,20,28)(H,21,27)(H,22,29)(H,23,24)(H,25,26). The minimum absolute atomic E-state index is 0.0325. The first-order valence-corrected chi connectivity index (χ1v) is 9.49. The van der Waals surface area contributed by atoms with Gasteiger partial charge in [0, 0.05) is 12.2 Å². The SMILES string of the molecule is NC(CS)C(=O)NC(Cc1ccccc1)C(=O)NC(CC(=O)O)C(=O)NCC(=O)O. The first-order chi connectivity index (χ1) is 14.1. The Balaban J connectivity index is 2.99. The van der Waals surface area contributed by atoms with Gasteiger partial charge >= 0.3 is 11.9 Å². The van der Waals surface area contributed by atoms with Gasteiger partial charge in [-0.1, -0.05) is 30.3 Å². The summed E-state index contributed by atoms with van der Waals surface area (Å²) in [4.78, 5) is 58.7. The van der Waals surface area contributed by atoms with Gasteiger partial charge in [-0.2, -0.15) is 12.6 Å². The number of benzene rings is 1. The Bertz CT molecular complexity index is 775. The van der Waals surface area contributed by atoms with Crippen molar-refractivity contribution in [3.05, 3.63) is 35.9 Å². The van der Waals surface area contributed by atoms with Gasteiger partial charge in [-0.05, 0) is 5.56 Å². The van der Waals surface area contributed by atoms with Crippen molar-refractivity contribution in [3.63, 3.8) is 0 Å². The minimum Gasteiger partial charge on any atom is -0.481 e. The monoisotopic (exact) mass is 440 g/mol. The molecule has 7 N–H and O–H groups in total. The van der Waals surface area contributed by atoms with Crippen LogP contribution in [0.15, 0.2) is 30.3 Å². The predicted molar refractivity (Wildman–Crippen MR) is 109 cm³/mol. The van der Waals surface area contributed by atoms with Gasteiger partial charge in [-0.3, -0.25) is 24.0 Å². The van der Waals surface area contributed by atoms with E-state index in [-0.39, 0.29) is 12.2 Å². The molecule has 3 amide bonds. The number of amides is 3. The van der Waals surface area contributed by atoms with Crippen molar-refractivity contribution in [3.8, 4) is 0 Å². The lowest BCUT2D eigenvalue weighted by Gasteiger charge is -2.23. The van der Waals surface area contributed by atoms with Gasteiger partial charge in [0.05, 0.1) is 12.5 Å². The maximum absolute atomic E-state index is 12.8. The van der Waals surface area contributed by atoms with Crippen LogP contribution in [0.25, 0.3) is 0 Å². The maximum Gasteiger partial charge on any atom is 0.322 e. The lowest BCUT2D eigenvalue weighted by molar-refractivity contribution is -0.141. The summed E-state index contributed by atoms with van der Waals surface area (Å²) < 4.78 is 0. The first-order valence-electron chi connectivity index (χ1n) is 8.86. The van der Waals surface area contributed by atoms with Crippen molar-refractivity contribution in [1.29, 1.82) is 0 Å². The normalized spacial score (nSPS) is 13.4. The van der Waals surface area contributed by atoms with Gasteiger partial charge in [0.2, 0.25) is 17.7 Å². The van der Waals surface area contributed by atoms with Crippen LogP contribution < -0.4 is 21.7 Å². The molecule has 3 unspecified atom stereocenters. The fourth-order valence-electron chi connectivity index (χ4n) is 2.36. The van der Waals surface area contributed by atoms with Crippen LogP contribution in [0.4, 0.5) is 0 Å². The lowest BCUT2D eigenvalue weighted by atomic mass is 10.0. The van der Waals surface area contributed by atoms with Crippen LogP contribution in [-0.2, 0) is 30.4 Å². The Hall–Kier alpha value is -3.12. The molecule has 0 bridgehead atoms. The van der Waals surface area contributed by atoms with Crippen LogP contribution in [0.5, 0.6) is 0 Å². The Morgan fingerprint density at radius 2 is 1.50 bits per heavy atom. The summed E-state index contributed by atoms with van der Waals surface area (Å²) in [6, 6.07) is 5.00. The highest BCUT2D eigenvalue weighted by molar-refractivity contribution is 7.80. The zero-order chi connectivity index (χ0) is 22.7. The van der Waals surface area contributed by atoms with E-state index in [0.717, 1.165) is 0 Å². The van der Waals surface area contributed by atoms with E-state index in [1.165, 1.54) is 0 Å². The number of carboxylic acids is 2. The molecule has 0 aliphatic heterocycles. The number of hydrogen-bond acceptors (Lipinski definition) is 7. The molecular formula is C18H24N4O7S. The molecule has 30 heavy (non-hydrogen) atoms. The third kappa shape index (κ3) is 8.92. The number of carbonyl (C=O) groups excluding carboxylic acids is 3. The highest BCUT2D eigenvalue weighted by atomic mass is 32.1. The Kier molecular flexibility index (Phi) is 10.3. The molecule has 0 aromatic heterocycles. The van der Waals surface area contributed by atoms with E-state index in [0.29, 0.717) is 5.56 Å². The van der Waals surface area contributed by atoms with Crippen LogP contribution in [-0.4, -0.2) is 70.3 Å². The molecule has 12 heteroatoms. The number of carbonyl (C=O) groups is 5. The molecule has 0 radical (unpaired) electrons. The number of aliphatic carboxylic acids is 2. The van der Waals surface area contributed by atoms with Crippen molar-refractivity contribution in [1.82, 2.24) is 16.0 Å². The summed E-state index contributed by atoms with van der Waals surface area (Å²) in [7, 11) is 0. The second-order valence-electron chi connectivity index (χ2n) is 6.31. The third-order valence-electron chi connectivity index (χ3n) is 3.87. The predicted octanol–water partition coefficient (Wildman–Crippen LogP) is -1.87. The molecule has 1 aromatic carbocycles. The van der Waals surface area contributed by atoms with Gasteiger partial charge in [0.15, 0.2) is 0 Å². The quantitative estimate of drug-likeness (QED) is 0.184. The summed E-state index contributed by atoms with van der Waals surface area (Å²) in [6.45, 7) is -0.744. The van der Waals surface area contributed by atoms with Crippen molar-refractivity contribution in [2.45, 2.75) is 31.0 Å². The maximum atomic E-state index is 12.8. The Labute approximate surface area is 177 Å². The van der Waals surface area contributed by atoms with Crippen LogP contribution in [0.2, 0.25) is 0 Å². The van der Waals surface area contributed by atoms with E-state index in [1.807, 2.05) is 5.32 Å². The Morgan fingerprint density at radius 1 is 0.900 bits per heavy atom. The van der Waals surface area contributed by atoms with Crippen LogP contribution in [0, 0.1) is 0 Å². The number of nitrogens with one attached hydrogen (secondary N) is 3. The van der Waals surface area contributed by atoms with E-state index in [1.54, 1.807) is 30.3 Å². The largest absolute Gasteiger partial charge is 0.481 e. The highest BCUT2D eigenvalue weighted by Gasteiger charge is 2.29. The molecule has 0 fully saturated rings. The van der Waals surface area contributed by atoms with Crippen molar-refractivity contribution < 1.29 is 34.2 Å². The number of nitrogens with two attached hydrogens (primary N) is 1. The third-order valence-corrected chi connectivity index (χ3v) is 4.27. The van der Waals surface area contributed by atoms with Crippen molar-refractivity contribution in [2.75, 3.05) is 12.3 Å². The molecule has 0 aliphatic carbocycles. The second-order valence-corrected chi connectivity index (χ2v) is 6.68. The van der Waals surface area contributed by atoms with Crippen LogP contribution in [0.1, 0.15) is 12.0 Å². The van der Waals surface area contributed by atoms with E-state index >= 15 is 0 Å². The average Bonchev–Trinajstić information content (AvgIpc) is 2.70. The van der Waals surface area contributed by atoms with Gasteiger partial charge < -0.3 is 31.9 Å². The number of rotatable bonds is 12. The van der Waals surface area contributed by atoms with E-state index < -0.39 is 60.8 Å². The van der Waals surface area contributed by atoms with Gasteiger partial charge in [0.1, 0.15) is 18.6 Å². The molecule has 0 aliphatic rings. The van der Waals surface area contributed by atoms with Gasteiger partial charge in [-0.15, -0.1) is 0 Å². The molecule has 1 aromatic rings. The topological polar surface area (TPSA) is 188 Å². The molecule has 3 atom stereocenters. The smallest absolute Gasteiger partial charge is 0.322 e. The minimum atomic E-state index is -1.54.